The fourth-order valence-electron chi connectivity index (χ4n) is 5.82. The lowest BCUT2D eigenvalue weighted by Gasteiger charge is -2.27. The Bertz CT molecular complexity index is 2220. The molecular weight excluding hydrogens is 722 g/mol. The van der Waals surface area contributed by atoms with E-state index >= 15 is 0 Å². The van der Waals surface area contributed by atoms with Crippen LogP contribution in [0.5, 0.6) is 0 Å². The number of hydrogen-bond donors (Lipinski definition) is 9. The lowest BCUT2D eigenvalue weighted by atomic mass is 10.1. The molecule has 3 aliphatic rings. The van der Waals surface area contributed by atoms with E-state index in [2.05, 4.69) is 29.9 Å². The summed E-state index contributed by atoms with van der Waals surface area (Å²) in [6, 6.07) is 0. The van der Waals surface area contributed by atoms with Crippen LogP contribution in [0.15, 0.2) is 15.9 Å². The number of carboxylic acids is 1. The summed E-state index contributed by atoms with van der Waals surface area (Å²) in [5.41, 5.74) is 8.62. The van der Waals surface area contributed by atoms with Gasteiger partial charge in [0, 0.05) is 0 Å². The van der Waals surface area contributed by atoms with Crippen LogP contribution in [0, 0.1) is 0 Å². The number of phosphoric acid groups is 2. The summed E-state index contributed by atoms with van der Waals surface area (Å²) in [6.45, 7) is -1.92. The maximum absolute atomic E-state index is 13.2. The number of anilines is 2. The van der Waals surface area contributed by atoms with Gasteiger partial charge in [0.25, 0.3) is 11.1 Å². The van der Waals surface area contributed by atoms with Crippen LogP contribution in [0.4, 0.5) is 11.9 Å². The fourth-order valence-corrected chi connectivity index (χ4v) is 7.75. The quantitative estimate of drug-likeness (QED) is 0.0917. The molecule has 28 heteroatoms. The first kappa shape index (κ1) is 34.3. The molecule has 26 nitrogen and oxygen atoms in total. The first-order chi connectivity index (χ1) is 23.5. The smallest absolute Gasteiger partial charge is 0.472 e. The predicted molar refractivity (Wildman–Crippen MR) is 158 cm³/mol. The number of aromatic amines is 2. The van der Waals surface area contributed by atoms with Crippen molar-refractivity contribution in [1.82, 2.24) is 39.0 Å². The number of rotatable bonds is 4. The highest BCUT2D eigenvalue weighted by Crippen LogP contribution is 2.53. The number of aliphatic carboxylic acids is 1. The SMILES string of the molecule is Nc1nc2c(ncn2[C@@H]2O[C@@H]3COP(=O)(O)OC4[C@@H](COP(=O)(O)O[C@@H]3C2O)O[C@@H](n2c(CC(=O)O)nc3c(=O)[nH]c(N)nc32)[C@H]4O)c(=O)[nH]1. The number of nitrogens with one attached hydrogen (secondary N) is 2. The van der Waals surface area contributed by atoms with Crippen LogP contribution in [-0.4, -0.2) is 120 Å². The number of hydrogen-bond acceptors (Lipinski definition) is 19. The van der Waals surface area contributed by atoms with Gasteiger partial charge in [-0.2, -0.15) is 9.97 Å². The fraction of sp³-hybridized carbons (Fsp3) is 0.500. The third-order valence-corrected chi connectivity index (χ3v) is 9.83. The Morgan fingerprint density at radius 2 is 1.38 bits per heavy atom. The first-order valence-corrected chi connectivity index (χ1v) is 17.2. The van der Waals surface area contributed by atoms with Crippen LogP contribution in [0.3, 0.4) is 0 Å². The second-order valence-electron chi connectivity index (χ2n) is 11.1. The molecular formula is C22H26N10O16P2. The average molecular weight is 748 g/mol. The normalized spacial score (nSPS) is 35.0. The Balaban J connectivity index is 1.20. The molecule has 0 bridgehead atoms. The summed E-state index contributed by atoms with van der Waals surface area (Å²) >= 11 is 0. The minimum atomic E-state index is -5.23. The number of phosphoric ester groups is 2. The van der Waals surface area contributed by atoms with Crippen molar-refractivity contribution in [3.63, 3.8) is 0 Å². The topological polar surface area (TPSA) is 387 Å². The molecule has 4 aromatic rings. The maximum Gasteiger partial charge on any atom is 0.472 e. The van der Waals surface area contributed by atoms with E-state index in [1.807, 2.05) is 0 Å². The minimum Gasteiger partial charge on any atom is -0.481 e. The van der Waals surface area contributed by atoms with Gasteiger partial charge in [0.05, 0.1) is 19.5 Å². The Morgan fingerprint density at radius 1 is 0.860 bits per heavy atom. The van der Waals surface area contributed by atoms with Crippen LogP contribution >= 0.6 is 15.6 Å². The van der Waals surface area contributed by atoms with E-state index in [1.54, 1.807) is 0 Å². The number of aliphatic hydroxyl groups excluding tert-OH is 2. The van der Waals surface area contributed by atoms with Gasteiger partial charge >= 0.3 is 21.6 Å². The molecule has 10 atom stereocenters. The number of aromatic nitrogens is 8. The van der Waals surface area contributed by atoms with Gasteiger partial charge in [0.1, 0.15) is 48.9 Å². The number of nitrogens with two attached hydrogens (primary N) is 2. The number of aliphatic hydroxyl groups is 2. The molecule has 0 aliphatic carbocycles. The molecule has 3 fully saturated rings. The van der Waals surface area contributed by atoms with Gasteiger partial charge in [-0.15, -0.1) is 0 Å². The van der Waals surface area contributed by atoms with Crippen molar-refractivity contribution in [2.45, 2.75) is 55.5 Å². The van der Waals surface area contributed by atoms with Gasteiger partial charge in [0.2, 0.25) is 11.9 Å². The van der Waals surface area contributed by atoms with E-state index in [4.69, 9.17) is 39.0 Å². The highest BCUT2D eigenvalue weighted by Gasteiger charge is 2.54. The van der Waals surface area contributed by atoms with Crippen molar-refractivity contribution in [2.75, 3.05) is 24.7 Å². The van der Waals surface area contributed by atoms with Crippen molar-refractivity contribution in [3.05, 3.63) is 32.9 Å². The monoisotopic (exact) mass is 748 g/mol. The molecule has 0 aromatic carbocycles. The van der Waals surface area contributed by atoms with Crippen molar-refractivity contribution < 1.29 is 66.6 Å². The summed E-state index contributed by atoms with van der Waals surface area (Å²) < 4.78 is 60.6. The number of nitrogens with zero attached hydrogens (tertiary/aromatic N) is 6. The van der Waals surface area contributed by atoms with Gasteiger partial charge in [-0.25, -0.2) is 19.1 Å². The van der Waals surface area contributed by atoms with Gasteiger partial charge in [-0.3, -0.25) is 51.6 Å². The zero-order chi connectivity index (χ0) is 35.9. The molecule has 270 valence electrons. The summed E-state index contributed by atoms with van der Waals surface area (Å²) in [7, 11) is -10.4. The minimum absolute atomic E-state index is 0.152. The van der Waals surface area contributed by atoms with E-state index < -0.39 is 113 Å². The van der Waals surface area contributed by atoms with Crippen molar-refractivity contribution in [3.8, 4) is 0 Å². The van der Waals surface area contributed by atoms with Crippen molar-refractivity contribution in [1.29, 1.82) is 0 Å². The molecule has 50 heavy (non-hydrogen) atoms. The van der Waals surface area contributed by atoms with Crippen LogP contribution in [0.25, 0.3) is 22.3 Å². The predicted octanol–water partition coefficient (Wildman–Crippen LogP) is -3.42. The second kappa shape index (κ2) is 12.3. The van der Waals surface area contributed by atoms with Crippen LogP contribution in [0.1, 0.15) is 18.3 Å². The summed E-state index contributed by atoms with van der Waals surface area (Å²) in [5, 5.41) is 31.9. The van der Waals surface area contributed by atoms with E-state index in [0.29, 0.717) is 0 Å². The van der Waals surface area contributed by atoms with Crippen molar-refractivity contribution >= 4 is 55.8 Å². The Labute approximate surface area is 274 Å². The highest BCUT2D eigenvalue weighted by molar-refractivity contribution is 7.47. The third-order valence-electron chi connectivity index (χ3n) is 7.86. The van der Waals surface area contributed by atoms with E-state index in [9.17, 15) is 48.6 Å². The van der Waals surface area contributed by atoms with E-state index in [1.165, 1.54) is 0 Å². The number of fused-ring (bicyclic) bond motifs is 4. The van der Waals surface area contributed by atoms with Gasteiger partial charge in [0.15, 0.2) is 34.8 Å². The lowest BCUT2D eigenvalue weighted by Crippen LogP contribution is -2.39. The van der Waals surface area contributed by atoms with E-state index in [0.717, 1.165) is 15.5 Å². The van der Waals surface area contributed by atoms with E-state index in [-0.39, 0.29) is 28.6 Å². The zero-order valence-corrected chi connectivity index (χ0v) is 26.6. The molecule has 0 radical (unpaired) electrons. The number of carboxylic acid groups (broad SMARTS) is 1. The number of nitrogen functional groups attached to an aromatic ring is 2. The molecule has 3 aliphatic heterocycles. The average Bonchev–Trinajstić information content (AvgIpc) is 3.74. The zero-order valence-electron chi connectivity index (χ0n) is 24.8. The number of H-pyrrole nitrogens is 2. The number of carbonyl (C=O) groups is 1. The molecule has 7 heterocycles. The van der Waals surface area contributed by atoms with Crippen LogP contribution in [-0.2, 0) is 47.9 Å². The third kappa shape index (κ3) is 6.10. The van der Waals surface area contributed by atoms with Crippen molar-refractivity contribution in [2.24, 2.45) is 0 Å². The van der Waals surface area contributed by atoms with Gasteiger partial charge in [-0.05, 0) is 0 Å². The Kier molecular flexibility index (Phi) is 8.40. The van der Waals surface area contributed by atoms with Crippen LogP contribution in [0.2, 0.25) is 0 Å². The first-order valence-electron chi connectivity index (χ1n) is 14.2. The van der Waals surface area contributed by atoms with Crippen LogP contribution < -0.4 is 22.6 Å². The Hall–Kier alpha value is -4.17. The standard InChI is InChI=1S/C22H26N10O16P2/c23-21-27-15-9(17(37)29-21)25-4-31(15)19-11(35)13-5(45-19)2-43-50(41,42)48-14-6(3-44-49(39,40)47-13)46-20(12(14)36)32-7(1-8(33)34)26-10-16(32)28-22(24)30-18(10)38/h4-6,11-14,19-20,35-36H,1-3H2,(H,33,34)(H,39,40)(H,41,42)(H3,23,27,29,37)(H3,24,28,30,38)/t5-,6-,11?,12+,13+,14?,19-,20-/m1/s1. The maximum atomic E-state index is 13.2. The molecule has 4 unspecified atom stereocenters. The summed E-state index contributed by atoms with van der Waals surface area (Å²) in [6.07, 6.45) is -13.8. The molecule has 0 spiro atoms. The number of ether oxygens (including phenoxy) is 2. The molecule has 11 N–H and O–H groups in total. The molecule has 0 amide bonds. The summed E-state index contributed by atoms with van der Waals surface area (Å²) in [5.74, 6) is -2.49. The lowest BCUT2D eigenvalue weighted by molar-refractivity contribution is -0.136. The highest BCUT2D eigenvalue weighted by atomic mass is 31.2. The number of imidazole rings is 2. The Morgan fingerprint density at radius 3 is 1.96 bits per heavy atom. The van der Waals surface area contributed by atoms with Gasteiger partial charge in [-0.1, -0.05) is 0 Å². The molecule has 4 aromatic heterocycles. The second-order valence-corrected chi connectivity index (χ2v) is 14.0. The molecule has 0 saturated carbocycles. The molecule has 7 rings (SSSR count). The molecule has 3 saturated heterocycles. The van der Waals surface area contributed by atoms with Gasteiger partial charge < -0.3 is 46.0 Å². The largest absolute Gasteiger partial charge is 0.481 e. The summed E-state index contributed by atoms with van der Waals surface area (Å²) in [4.78, 5) is 78.0.